The van der Waals surface area contributed by atoms with E-state index in [1.54, 1.807) is 16.8 Å². The SMILES string of the molecule is CC(C)C[C@@H](Cn1c(=S)[nH]c(=O)c2[nH]ccc21)OC(N)=O. The van der Waals surface area contributed by atoms with E-state index < -0.39 is 12.2 Å². The molecule has 0 aliphatic carbocycles. The summed E-state index contributed by atoms with van der Waals surface area (Å²) < 4.78 is 7.17. The van der Waals surface area contributed by atoms with Gasteiger partial charge in [0, 0.05) is 6.20 Å². The molecule has 0 radical (unpaired) electrons. The molecule has 0 aliphatic rings. The zero-order valence-corrected chi connectivity index (χ0v) is 12.7. The number of rotatable bonds is 5. The predicted molar refractivity (Wildman–Crippen MR) is 81.7 cm³/mol. The first-order valence-electron chi connectivity index (χ1n) is 6.64. The third-order valence-electron chi connectivity index (χ3n) is 3.11. The van der Waals surface area contributed by atoms with Crippen LogP contribution in [0.4, 0.5) is 4.79 Å². The maximum Gasteiger partial charge on any atom is 0.404 e. The maximum absolute atomic E-state index is 11.8. The monoisotopic (exact) mass is 310 g/mol. The number of aromatic nitrogens is 3. The lowest BCUT2D eigenvalue weighted by molar-refractivity contribution is 0.0827. The van der Waals surface area contributed by atoms with Gasteiger partial charge in [-0.25, -0.2) is 4.79 Å². The number of nitrogens with zero attached hydrogens (tertiary/aromatic N) is 1. The molecule has 7 nitrogen and oxygen atoms in total. The summed E-state index contributed by atoms with van der Waals surface area (Å²) in [6.07, 6.45) is 1.09. The minimum Gasteiger partial charge on any atom is -0.444 e. The predicted octanol–water partition coefficient (Wildman–Crippen LogP) is 1.90. The molecule has 0 spiro atoms. The highest BCUT2D eigenvalue weighted by Gasteiger charge is 2.17. The van der Waals surface area contributed by atoms with Crippen molar-refractivity contribution in [1.29, 1.82) is 0 Å². The van der Waals surface area contributed by atoms with Crippen molar-refractivity contribution in [3.8, 4) is 0 Å². The van der Waals surface area contributed by atoms with Crippen LogP contribution in [0.3, 0.4) is 0 Å². The average molecular weight is 310 g/mol. The number of nitrogens with two attached hydrogens (primary N) is 1. The van der Waals surface area contributed by atoms with Gasteiger partial charge in [0.15, 0.2) is 4.77 Å². The highest BCUT2D eigenvalue weighted by Crippen LogP contribution is 2.14. The smallest absolute Gasteiger partial charge is 0.404 e. The van der Waals surface area contributed by atoms with Crippen molar-refractivity contribution in [2.75, 3.05) is 0 Å². The van der Waals surface area contributed by atoms with Crippen LogP contribution in [-0.2, 0) is 11.3 Å². The number of primary amides is 1. The Kier molecular flexibility index (Phi) is 4.46. The Morgan fingerprint density at radius 3 is 2.86 bits per heavy atom. The summed E-state index contributed by atoms with van der Waals surface area (Å²) in [6, 6.07) is 1.76. The van der Waals surface area contributed by atoms with Crippen molar-refractivity contribution < 1.29 is 9.53 Å². The van der Waals surface area contributed by atoms with Crippen LogP contribution < -0.4 is 11.3 Å². The van der Waals surface area contributed by atoms with Crippen LogP contribution in [0.15, 0.2) is 17.1 Å². The van der Waals surface area contributed by atoms with Crippen LogP contribution >= 0.6 is 12.2 Å². The zero-order valence-electron chi connectivity index (χ0n) is 11.9. The van der Waals surface area contributed by atoms with Gasteiger partial charge in [0.1, 0.15) is 11.6 Å². The van der Waals surface area contributed by atoms with Gasteiger partial charge in [0.2, 0.25) is 0 Å². The van der Waals surface area contributed by atoms with Gasteiger partial charge in [0.05, 0.1) is 12.1 Å². The molecule has 2 aromatic rings. The molecule has 8 heteroatoms. The Labute approximate surface area is 126 Å². The number of nitrogens with one attached hydrogen (secondary N) is 2. The van der Waals surface area contributed by atoms with Gasteiger partial charge < -0.3 is 20.0 Å². The van der Waals surface area contributed by atoms with Gasteiger partial charge >= 0.3 is 6.09 Å². The van der Waals surface area contributed by atoms with E-state index in [-0.39, 0.29) is 10.3 Å². The van der Waals surface area contributed by atoms with Crippen LogP contribution in [0.2, 0.25) is 0 Å². The van der Waals surface area contributed by atoms with E-state index >= 15 is 0 Å². The van der Waals surface area contributed by atoms with Crippen LogP contribution in [0.5, 0.6) is 0 Å². The third kappa shape index (κ3) is 3.52. The highest BCUT2D eigenvalue weighted by molar-refractivity contribution is 7.71. The van der Waals surface area contributed by atoms with Crippen LogP contribution in [0.25, 0.3) is 11.0 Å². The first-order chi connectivity index (χ1) is 9.88. The van der Waals surface area contributed by atoms with E-state index in [2.05, 4.69) is 9.97 Å². The van der Waals surface area contributed by atoms with E-state index in [0.29, 0.717) is 29.9 Å². The number of hydrogen-bond donors (Lipinski definition) is 3. The minimum absolute atomic E-state index is 0.271. The van der Waals surface area contributed by atoms with Crippen molar-refractivity contribution in [1.82, 2.24) is 14.5 Å². The number of fused-ring (bicyclic) bond motifs is 1. The van der Waals surface area contributed by atoms with Crippen molar-refractivity contribution in [2.45, 2.75) is 32.9 Å². The second-order valence-corrected chi connectivity index (χ2v) is 5.68. The van der Waals surface area contributed by atoms with E-state index in [0.717, 1.165) is 0 Å². The summed E-state index contributed by atoms with van der Waals surface area (Å²) in [4.78, 5) is 28.3. The Hall–Kier alpha value is -2.09. The van der Waals surface area contributed by atoms with Gasteiger partial charge in [-0.15, -0.1) is 0 Å². The van der Waals surface area contributed by atoms with Crippen molar-refractivity contribution in [3.05, 3.63) is 27.4 Å². The van der Waals surface area contributed by atoms with Gasteiger partial charge in [-0.3, -0.25) is 9.78 Å². The Morgan fingerprint density at radius 1 is 1.52 bits per heavy atom. The first kappa shape index (κ1) is 15.3. The van der Waals surface area contributed by atoms with Gasteiger partial charge in [-0.2, -0.15) is 0 Å². The largest absolute Gasteiger partial charge is 0.444 e. The van der Waals surface area contributed by atoms with E-state index in [1.807, 2.05) is 13.8 Å². The number of H-pyrrole nitrogens is 2. The van der Waals surface area contributed by atoms with Crippen LogP contribution in [0.1, 0.15) is 20.3 Å². The van der Waals surface area contributed by atoms with Crippen molar-refractivity contribution in [3.63, 3.8) is 0 Å². The second-order valence-electron chi connectivity index (χ2n) is 5.30. The minimum atomic E-state index is -0.818. The molecule has 114 valence electrons. The summed E-state index contributed by atoms with van der Waals surface area (Å²) in [5, 5.41) is 0. The molecule has 2 heterocycles. The van der Waals surface area contributed by atoms with Crippen LogP contribution in [0, 0.1) is 10.7 Å². The Balaban J connectivity index is 2.40. The molecule has 0 aromatic carbocycles. The van der Waals surface area contributed by atoms with Gasteiger partial charge in [-0.1, -0.05) is 13.8 Å². The molecule has 0 saturated heterocycles. The first-order valence-corrected chi connectivity index (χ1v) is 7.05. The number of hydrogen-bond acceptors (Lipinski definition) is 4. The quantitative estimate of drug-likeness (QED) is 0.733. The zero-order chi connectivity index (χ0) is 15.6. The van der Waals surface area contributed by atoms with Crippen LogP contribution in [-0.4, -0.2) is 26.7 Å². The fourth-order valence-corrected chi connectivity index (χ4v) is 2.60. The molecule has 21 heavy (non-hydrogen) atoms. The molecule has 0 saturated carbocycles. The molecule has 0 bridgehead atoms. The summed E-state index contributed by atoms with van der Waals surface area (Å²) >= 11 is 5.20. The summed E-state index contributed by atoms with van der Waals surface area (Å²) in [7, 11) is 0. The summed E-state index contributed by atoms with van der Waals surface area (Å²) in [5.41, 5.74) is 5.95. The molecule has 1 atom stereocenters. The van der Waals surface area contributed by atoms with E-state index in [1.165, 1.54) is 0 Å². The molecular weight excluding hydrogens is 292 g/mol. The fourth-order valence-electron chi connectivity index (χ4n) is 2.34. The lowest BCUT2D eigenvalue weighted by Crippen LogP contribution is -2.29. The van der Waals surface area contributed by atoms with Gasteiger partial charge in [0.25, 0.3) is 5.56 Å². The van der Waals surface area contributed by atoms with E-state index in [9.17, 15) is 9.59 Å². The Morgan fingerprint density at radius 2 is 2.24 bits per heavy atom. The standard InChI is InChI=1S/C13H18N4O3S/c1-7(2)5-8(20-12(14)19)6-17-9-3-4-15-10(9)11(18)16-13(17)21/h3-4,7-8,15H,5-6H2,1-2H3,(H2,14,19)(H,16,18,21)/t8-/m0/s1. The molecule has 1 amide bonds. The normalized spacial score (nSPS) is 12.7. The molecule has 4 N–H and O–H groups in total. The van der Waals surface area contributed by atoms with Crippen molar-refractivity contribution in [2.24, 2.45) is 11.7 Å². The third-order valence-corrected chi connectivity index (χ3v) is 3.43. The van der Waals surface area contributed by atoms with Crippen molar-refractivity contribution >= 4 is 29.3 Å². The topological polar surface area (TPSA) is 106 Å². The molecule has 0 fully saturated rings. The molecule has 2 rings (SSSR count). The number of amides is 1. The summed E-state index contributed by atoms with van der Waals surface area (Å²) in [6.45, 7) is 4.38. The maximum atomic E-state index is 11.8. The lowest BCUT2D eigenvalue weighted by atomic mass is 10.1. The summed E-state index contributed by atoms with van der Waals surface area (Å²) in [5.74, 6) is 0.327. The number of ether oxygens (including phenoxy) is 1. The number of carbonyl (C=O) groups is 1. The molecule has 0 unspecified atom stereocenters. The molecule has 2 aromatic heterocycles. The highest BCUT2D eigenvalue weighted by atomic mass is 32.1. The Bertz CT molecular complexity index is 759. The average Bonchev–Trinajstić information content (AvgIpc) is 2.82. The second kappa shape index (κ2) is 6.13. The van der Waals surface area contributed by atoms with Gasteiger partial charge in [-0.05, 0) is 30.6 Å². The molecular formula is C13H18N4O3S. The molecule has 0 aliphatic heterocycles. The van der Waals surface area contributed by atoms with E-state index in [4.69, 9.17) is 22.7 Å². The number of carbonyl (C=O) groups excluding carboxylic acids is 1. The fraction of sp³-hybridized carbons (Fsp3) is 0.462. The lowest BCUT2D eigenvalue weighted by Gasteiger charge is -2.20. The number of aromatic amines is 2.